The van der Waals surface area contributed by atoms with Gasteiger partial charge in [-0.25, -0.2) is 0 Å². The Kier molecular flexibility index (Phi) is 16.4. The average Bonchev–Trinajstić information content (AvgIpc) is 3.63. The summed E-state index contributed by atoms with van der Waals surface area (Å²) in [5.74, 6) is -2.26. The lowest BCUT2D eigenvalue weighted by atomic mass is 9.94. The van der Waals surface area contributed by atoms with Crippen LogP contribution >= 0.6 is 0 Å². The number of aromatic hydroxyl groups is 1. The van der Waals surface area contributed by atoms with E-state index < -0.39 is 54.0 Å². The molecule has 0 unspecified atom stereocenters. The predicted octanol–water partition coefficient (Wildman–Crippen LogP) is 4.26. The summed E-state index contributed by atoms with van der Waals surface area (Å²) >= 11 is 0. The van der Waals surface area contributed by atoms with Crippen LogP contribution in [0.25, 0.3) is 0 Å². The lowest BCUT2D eigenvalue weighted by Gasteiger charge is -2.42. The second kappa shape index (κ2) is 19.8. The number of benzene rings is 1. The first-order chi connectivity index (χ1) is 26.1. The van der Waals surface area contributed by atoms with Crippen molar-refractivity contribution in [2.75, 3.05) is 41.8 Å². The van der Waals surface area contributed by atoms with Gasteiger partial charge in [-0.3, -0.25) is 28.8 Å². The van der Waals surface area contributed by atoms with Gasteiger partial charge in [-0.2, -0.15) is 0 Å². The average molecular weight is 783 g/mol. The van der Waals surface area contributed by atoms with Crippen molar-refractivity contribution in [1.82, 2.24) is 29.4 Å². The summed E-state index contributed by atoms with van der Waals surface area (Å²) in [6.07, 6.45) is 2.36. The first-order valence-corrected chi connectivity index (χ1v) is 20.5. The zero-order valence-corrected chi connectivity index (χ0v) is 36.3. The molecule has 314 valence electrons. The Hall–Kier alpha value is -4.16. The molecule has 13 heteroatoms. The maximum Gasteiger partial charge on any atom is 0.246 e. The molecule has 2 fully saturated rings. The number of hydrogen-bond acceptors (Lipinski definition) is 7. The van der Waals surface area contributed by atoms with Crippen LogP contribution in [0.3, 0.4) is 0 Å². The molecule has 1 aromatic rings. The fourth-order valence-electron chi connectivity index (χ4n) is 8.15. The molecular weight excluding hydrogens is 713 g/mol. The van der Waals surface area contributed by atoms with Crippen LogP contribution in [-0.2, 0) is 35.2 Å². The van der Waals surface area contributed by atoms with E-state index in [0.717, 1.165) is 0 Å². The standard InChI is InChI=1S/C43H70N6O7/c1-26(2)21-33-39(52)45(10)35(23-28(5)6)41(54)47(12)36(24-29(7)8)43(56)49-20-14-15-32(49)38(51)48(13)37(25-30-16-18-31(50)19-17-30)42(55)46(11)34(22-27(3)4)40(53)44(33)9/h16-19,26-29,32-37,50H,14-15,20-25H2,1-13H3/t32-,33-,34+,35+,36+,37+/m1/s1. The SMILES string of the molecule is CC(C)C[C@@H]1C(=O)N(C)[C@@H](CC(C)C)C(=O)N(C)[C@@H](CC(C)C)C(=O)N2CCC[C@@H]2C(=O)N(C)[C@@H](Cc2ccc(O)cc2)C(=O)N(C)[C@@H](CC(C)C)C(=O)N1C. The van der Waals surface area contributed by atoms with Crippen molar-refractivity contribution in [3.63, 3.8) is 0 Å². The number of phenols is 1. The Morgan fingerprint density at radius 1 is 0.500 bits per heavy atom. The molecular formula is C43H70N6O7. The van der Waals surface area contributed by atoms with E-state index in [1.807, 2.05) is 55.4 Å². The van der Waals surface area contributed by atoms with E-state index in [0.29, 0.717) is 50.6 Å². The Morgan fingerprint density at radius 3 is 1.18 bits per heavy atom. The highest BCUT2D eigenvalue weighted by atomic mass is 16.3. The third-order valence-corrected chi connectivity index (χ3v) is 11.5. The summed E-state index contributed by atoms with van der Waals surface area (Å²) in [5.41, 5.74) is 0.693. The van der Waals surface area contributed by atoms with Crippen LogP contribution in [-0.4, -0.2) is 148 Å². The molecule has 1 N–H and O–H groups in total. The summed E-state index contributed by atoms with van der Waals surface area (Å²) in [7, 11) is 7.93. The summed E-state index contributed by atoms with van der Waals surface area (Å²) in [4.78, 5) is 97.1. The zero-order chi connectivity index (χ0) is 42.3. The molecule has 2 heterocycles. The van der Waals surface area contributed by atoms with Crippen LogP contribution in [0.15, 0.2) is 24.3 Å². The smallest absolute Gasteiger partial charge is 0.246 e. The molecule has 0 bridgehead atoms. The fourth-order valence-corrected chi connectivity index (χ4v) is 8.15. The Balaban J connectivity index is 2.31. The van der Waals surface area contributed by atoms with Gasteiger partial charge in [0.2, 0.25) is 35.4 Å². The van der Waals surface area contributed by atoms with Gasteiger partial charge in [0.1, 0.15) is 42.0 Å². The second-order valence-corrected chi connectivity index (χ2v) is 17.9. The quantitative estimate of drug-likeness (QED) is 0.374. The van der Waals surface area contributed by atoms with Gasteiger partial charge in [0.15, 0.2) is 0 Å². The number of phenolic OH excluding ortho intramolecular Hbond substituents is 1. The number of amides is 6. The molecule has 1 aromatic carbocycles. The highest BCUT2D eigenvalue weighted by molar-refractivity contribution is 5.98. The van der Waals surface area contributed by atoms with Crippen LogP contribution in [0, 0.1) is 23.7 Å². The van der Waals surface area contributed by atoms with Gasteiger partial charge in [0, 0.05) is 48.2 Å². The molecule has 3 rings (SSSR count). The molecule has 2 aliphatic heterocycles. The monoisotopic (exact) mass is 783 g/mol. The largest absolute Gasteiger partial charge is 0.508 e. The molecule has 13 nitrogen and oxygen atoms in total. The van der Waals surface area contributed by atoms with Crippen molar-refractivity contribution >= 4 is 35.4 Å². The molecule has 56 heavy (non-hydrogen) atoms. The molecule has 2 saturated heterocycles. The predicted molar refractivity (Wildman–Crippen MR) is 217 cm³/mol. The third kappa shape index (κ3) is 11.0. The maximum absolute atomic E-state index is 14.9. The van der Waals surface area contributed by atoms with Crippen molar-refractivity contribution < 1.29 is 33.9 Å². The van der Waals surface area contributed by atoms with Crippen molar-refractivity contribution in [3.8, 4) is 5.75 Å². The lowest BCUT2D eigenvalue weighted by molar-refractivity contribution is -0.159. The topological polar surface area (TPSA) is 142 Å². The normalized spacial score (nSPS) is 25.7. The summed E-state index contributed by atoms with van der Waals surface area (Å²) in [6.45, 7) is 16.1. The van der Waals surface area contributed by atoms with E-state index in [4.69, 9.17) is 0 Å². The third-order valence-electron chi connectivity index (χ3n) is 11.5. The van der Waals surface area contributed by atoms with E-state index in [9.17, 15) is 33.9 Å². The Labute approximate surface area is 335 Å². The van der Waals surface area contributed by atoms with Crippen molar-refractivity contribution in [3.05, 3.63) is 29.8 Å². The number of carbonyl (C=O) groups is 6. The van der Waals surface area contributed by atoms with E-state index in [2.05, 4.69) is 0 Å². The minimum absolute atomic E-state index is 0.00564. The highest BCUT2D eigenvalue weighted by Gasteiger charge is 2.46. The number of fused-ring (bicyclic) bond motifs is 1. The van der Waals surface area contributed by atoms with Gasteiger partial charge >= 0.3 is 0 Å². The summed E-state index contributed by atoms with van der Waals surface area (Å²) in [6, 6.07) is 0.782. The number of rotatable bonds is 10. The van der Waals surface area contributed by atoms with Crippen LogP contribution in [0.5, 0.6) is 5.75 Å². The van der Waals surface area contributed by atoms with Crippen molar-refractivity contribution in [2.24, 2.45) is 23.7 Å². The lowest BCUT2D eigenvalue weighted by Crippen LogP contribution is -2.62. The Bertz CT molecular complexity index is 1550. The van der Waals surface area contributed by atoms with Gasteiger partial charge in [-0.1, -0.05) is 67.5 Å². The molecule has 6 atom stereocenters. The van der Waals surface area contributed by atoms with Crippen molar-refractivity contribution in [2.45, 2.75) is 137 Å². The van der Waals surface area contributed by atoms with Gasteiger partial charge in [-0.05, 0) is 79.9 Å². The maximum atomic E-state index is 14.9. The molecule has 0 spiro atoms. The van der Waals surface area contributed by atoms with E-state index in [1.54, 1.807) is 52.3 Å². The number of hydrogen-bond donors (Lipinski definition) is 1. The summed E-state index contributed by atoms with van der Waals surface area (Å²) < 4.78 is 0. The minimum Gasteiger partial charge on any atom is -0.508 e. The Morgan fingerprint density at radius 2 is 0.821 bits per heavy atom. The first-order valence-electron chi connectivity index (χ1n) is 20.5. The van der Waals surface area contributed by atoms with Gasteiger partial charge in [0.05, 0.1) is 0 Å². The molecule has 6 amide bonds. The zero-order valence-electron chi connectivity index (χ0n) is 36.3. The molecule has 2 aliphatic rings. The second-order valence-electron chi connectivity index (χ2n) is 17.9. The number of nitrogens with zero attached hydrogens (tertiary/aromatic N) is 6. The van der Waals surface area contributed by atoms with Gasteiger partial charge < -0.3 is 34.5 Å². The number of carbonyl (C=O) groups excluding carboxylic acids is 6. The van der Waals surface area contributed by atoms with Crippen LogP contribution in [0.4, 0.5) is 0 Å². The highest BCUT2D eigenvalue weighted by Crippen LogP contribution is 2.28. The van der Waals surface area contributed by atoms with Gasteiger partial charge in [-0.15, -0.1) is 0 Å². The summed E-state index contributed by atoms with van der Waals surface area (Å²) in [5, 5.41) is 9.99. The van der Waals surface area contributed by atoms with Crippen LogP contribution in [0.2, 0.25) is 0 Å². The molecule has 0 aromatic heterocycles. The van der Waals surface area contributed by atoms with Crippen molar-refractivity contribution in [1.29, 1.82) is 0 Å². The van der Waals surface area contributed by atoms with E-state index in [-0.39, 0.29) is 53.6 Å². The van der Waals surface area contributed by atoms with Gasteiger partial charge in [0.25, 0.3) is 0 Å². The first kappa shape index (κ1) is 46.2. The van der Waals surface area contributed by atoms with E-state index >= 15 is 0 Å². The number of likely N-dealkylation sites (N-methyl/N-ethyl adjacent to an activating group) is 5. The minimum atomic E-state index is -1.06. The molecule has 0 radical (unpaired) electrons. The molecule has 0 saturated carbocycles. The molecule has 0 aliphatic carbocycles. The van der Waals surface area contributed by atoms with E-state index in [1.165, 1.54) is 36.6 Å². The van der Waals surface area contributed by atoms with Crippen LogP contribution < -0.4 is 0 Å². The van der Waals surface area contributed by atoms with Crippen LogP contribution in [0.1, 0.15) is 99.5 Å². The fraction of sp³-hybridized carbons (Fsp3) is 0.721.